The number of hydrogen-bond acceptors (Lipinski definition) is 3. The van der Waals surface area contributed by atoms with Crippen LogP contribution in [0.5, 0.6) is 0 Å². The van der Waals surface area contributed by atoms with E-state index >= 15 is 0 Å². The molecule has 2 atom stereocenters. The van der Waals surface area contributed by atoms with E-state index in [4.69, 9.17) is 27.9 Å². The molecule has 1 amide bonds. The molecule has 0 radical (unpaired) electrons. The Kier molecular flexibility index (Phi) is 5.24. The fourth-order valence-corrected chi connectivity index (χ4v) is 3.84. The van der Waals surface area contributed by atoms with Gasteiger partial charge in [-0.25, -0.2) is 0 Å². The van der Waals surface area contributed by atoms with Crippen LogP contribution in [0.1, 0.15) is 25.7 Å². The van der Waals surface area contributed by atoms with E-state index in [1.807, 2.05) is 0 Å². The Bertz CT molecular complexity index is 533. The van der Waals surface area contributed by atoms with Crippen molar-refractivity contribution in [2.75, 3.05) is 25.0 Å². The Hall–Kier alpha value is -0.810. The number of nitrogens with one attached hydrogen (secondary N) is 1. The summed E-state index contributed by atoms with van der Waals surface area (Å²) >= 11 is 12.1. The van der Waals surface area contributed by atoms with Gasteiger partial charge in [0, 0.05) is 25.6 Å². The summed E-state index contributed by atoms with van der Waals surface area (Å²) in [5.74, 6) is -0.0592. The molecule has 22 heavy (non-hydrogen) atoms. The second-order valence-corrected chi connectivity index (χ2v) is 6.65. The number of anilines is 1. The summed E-state index contributed by atoms with van der Waals surface area (Å²) < 4.78 is 5.79. The lowest BCUT2D eigenvalue weighted by Gasteiger charge is -2.37. The van der Waals surface area contributed by atoms with Crippen LogP contribution in [0.4, 0.5) is 5.69 Å². The van der Waals surface area contributed by atoms with E-state index in [1.165, 1.54) is 12.8 Å². The van der Waals surface area contributed by atoms with Gasteiger partial charge in [-0.3, -0.25) is 9.69 Å². The van der Waals surface area contributed by atoms with Gasteiger partial charge in [-0.2, -0.15) is 0 Å². The van der Waals surface area contributed by atoms with Crippen LogP contribution < -0.4 is 5.32 Å². The van der Waals surface area contributed by atoms with Crippen molar-refractivity contribution in [1.29, 1.82) is 0 Å². The number of hydrogen-bond donors (Lipinski definition) is 1. The van der Waals surface area contributed by atoms with Crippen molar-refractivity contribution >= 4 is 34.8 Å². The first-order chi connectivity index (χ1) is 10.6. The van der Waals surface area contributed by atoms with Crippen molar-refractivity contribution in [2.45, 2.75) is 37.8 Å². The summed E-state index contributed by atoms with van der Waals surface area (Å²) in [5, 5.41) is 3.74. The smallest absolute Gasteiger partial charge is 0.225 e. The first-order valence-corrected chi connectivity index (χ1v) is 8.50. The molecule has 0 unspecified atom stereocenters. The molecule has 2 aliphatic rings. The second-order valence-electron chi connectivity index (χ2n) is 5.84. The van der Waals surface area contributed by atoms with E-state index in [1.54, 1.807) is 18.2 Å². The number of nitrogens with zero attached hydrogens (tertiary/aromatic N) is 1. The average Bonchev–Trinajstić information content (AvgIpc) is 2.98. The van der Waals surface area contributed by atoms with E-state index in [0.717, 1.165) is 26.1 Å². The molecule has 1 aromatic carbocycles. The van der Waals surface area contributed by atoms with Crippen molar-refractivity contribution in [2.24, 2.45) is 0 Å². The van der Waals surface area contributed by atoms with Gasteiger partial charge in [0.25, 0.3) is 0 Å². The maximum atomic E-state index is 12.2. The molecule has 6 heteroatoms. The number of para-hydroxylation sites is 1. The van der Waals surface area contributed by atoms with Crippen LogP contribution >= 0.6 is 23.2 Å². The molecule has 120 valence electrons. The van der Waals surface area contributed by atoms with Gasteiger partial charge in [-0.05, 0) is 31.4 Å². The average molecular weight is 343 g/mol. The molecule has 0 aromatic heterocycles. The van der Waals surface area contributed by atoms with E-state index in [9.17, 15) is 4.79 Å². The zero-order chi connectivity index (χ0) is 15.5. The topological polar surface area (TPSA) is 41.6 Å². The predicted octanol–water partition coefficient (Wildman–Crippen LogP) is 3.58. The number of carbonyl (C=O) groups is 1. The molecular weight excluding hydrogens is 323 g/mol. The van der Waals surface area contributed by atoms with Crippen molar-refractivity contribution in [1.82, 2.24) is 4.90 Å². The van der Waals surface area contributed by atoms with Gasteiger partial charge in [0.15, 0.2) is 0 Å². The van der Waals surface area contributed by atoms with Gasteiger partial charge in [0.2, 0.25) is 5.91 Å². The molecule has 2 fully saturated rings. The second kappa shape index (κ2) is 7.18. The molecule has 1 saturated heterocycles. The number of benzene rings is 1. The fourth-order valence-electron chi connectivity index (χ4n) is 3.35. The Balaban J connectivity index is 1.54. The molecule has 1 aromatic rings. The van der Waals surface area contributed by atoms with Gasteiger partial charge in [-0.15, -0.1) is 0 Å². The van der Waals surface area contributed by atoms with E-state index in [0.29, 0.717) is 34.3 Å². The number of rotatable bonds is 4. The number of ether oxygens (including phenoxy) is 1. The first-order valence-electron chi connectivity index (χ1n) is 7.74. The van der Waals surface area contributed by atoms with Crippen molar-refractivity contribution in [3.8, 4) is 0 Å². The summed E-state index contributed by atoms with van der Waals surface area (Å²) in [6, 6.07) is 5.67. The molecule has 1 aliphatic heterocycles. The Morgan fingerprint density at radius 1 is 1.32 bits per heavy atom. The fraction of sp³-hybridized carbons (Fsp3) is 0.562. The van der Waals surface area contributed by atoms with Crippen LogP contribution in [0.15, 0.2) is 18.2 Å². The molecule has 0 spiro atoms. The zero-order valence-electron chi connectivity index (χ0n) is 12.4. The highest BCUT2D eigenvalue weighted by Gasteiger charge is 2.35. The van der Waals surface area contributed by atoms with E-state index in [-0.39, 0.29) is 5.91 Å². The quantitative estimate of drug-likeness (QED) is 0.909. The molecule has 1 N–H and O–H groups in total. The normalized spacial score (nSPS) is 25.0. The lowest BCUT2D eigenvalue weighted by atomic mass is 10.1. The standard InChI is InChI=1S/C16H20Cl2N2O2/c17-11-3-1-4-12(18)16(11)19-15(21)7-8-20-9-10-22-14-6-2-5-13(14)20/h1,3-4,13-14H,2,5-10H2,(H,19,21)/t13-,14+/m1/s1. The minimum absolute atomic E-state index is 0.0592. The Labute approximate surface area is 140 Å². The van der Waals surface area contributed by atoms with Gasteiger partial charge in [-0.1, -0.05) is 29.3 Å². The molecule has 1 aliphatic carbocycles. The van der Waals surface area contributed by atoms with Crippen LogP contribution in [0.2, 0.25) is 10.0 Å². The summed E-state index contributed by atoms with van der Waals surface area (Å²) in [4.78, 5) is 14.5. The van der Waals surface area contributed by atoms with Crippen LogP contribution in [0.3, 0.4) is 0 Å². The Morgan fingerprint density at radius 2 is 2.09 bits per heavy atom. The monoisotopic (exact) mass is 342 g/mol. The van der Waals surface area contributed by atoms with Crippen molar-refractivity contribution < 1.29 is 9.53 Å². The van der Waals surface area contributed by atoms with Gasteiger partial charge in [0.05, 0.1) is 28.4 Å². The van der Waals surface area contributed by atoms with Gasteiger partial charge >= 0.3 is 0 Å². The predicted molar refractivity (Wildman–Crippen MR) is 88.7 cm³/mol. The number of fused-ring (bicyclic) bond motifs is 1. The molecule has 1 saturated carbocycles. The maximum Gasteiger partial charge on any atom is 0.225 e. The molecule has 4 nitrogen and oxygen atoms in total. The summed E-state index contributed by atoms with van der Waals surface area (Å²) in [7, 11) is 0. The SMILES string of the molecule is O=C(CCN1CCO[C@H]2CCC[C@H]21)Nc1c(Cl)cccc1Cl. The summed E-state index contributed by atoms with van der Waals surface area (Å²) in [5.41, 5.74) is 0.497. The molecule has 3 rings (SSSR count). The highest BCUT2D eigenvalue weighted by Crippen LogP contribution is 2.31. The number of carbonyl (C=O) groups excluding carboxylic acids is 1. The number of amides is 1. The minimum atomic E-state index is -0.0592. The van der Waals surface area contributed by atoms with Gasteiger partial charge < -0.3 is 10.1 Å². The third-order valence-electron chi connectivity index (χ3n) is 4.45. The molecular formula is C16H20Cl2N2O2. The van der Waals surface area contributed by atoms with Crippen LogP contribution in [-0.4, -0.2) is 42.6 Å². The van der Waals surface area contributed by atoms with Crippen LogP contribution in [0.25, 0.3) is 0 Å². The van der Waals surface area contributed by atoms with Gasteiger partial charge in [0.1, 0.15) is 0 Å². The number of halogens is 2. The van der Waals surface area contributed by atoms with E-state index < -0.39 is 0 Å². The Morgan fingerprint density at radius 3 is 2.86 bits per heavy atom. The van der Waals surface area contributed by atoms with Crippen LogP contribution in [0, 0.1) is 0 Å². The number of morpholine rings is 1. The maximum absolute atomic E-state index is 12.2. The molecule has 1 heterocycles. The lowest BCUT2D eigenvalue weighted by Crippen LogP contribution is -2.49. The van der Waals surface area contributed by atoms with Crippen molar-refractivity contribution in [3.05, 3.63) is 28.2 Å². The largest absolute Gasteiger partial charge is 0.375 e. The highest BCUT2D eigenvalue weighted by atomic mass is 35.5. The first kappa shape index (κ1) is 16.1. The minimum Gasteiger partial charge on any atom is -0.375 e. The zero-order valence-corrected chi connectivity index (χ0v) is 13.9. The summed E-state index contributed by atoms with van der Waals surface area (Å²) in [6.45, 7) is 2.42. The highest BCUT2D eigenvalue weighted by molar-refractivity contribution is 6.39. The third kappa shape index (κ3) is 3.57. The molecule has 0 bridgehead atoms. The third-order valence-corrected chi connectivity index (χ3v) is 5.08. The summed E-state index contributed by atoms with van der Waals surface area (Å²) in [6.07, 6.45) is 4.32. The van der Waals surface area contributed by atoms with Crippen LogP contribution in [-0.2, 0) is 9.53 Å². The van der Waals surface area contributed by atoms with Crippen molar-refractivity contribution in [3.63, 3.8) is 0 Å². The van der Waals surface area contributed by atoms with E-state index in [2.05, 4.69) is 10.2 Å². The lowest BCUT2D eigenvalue weighted by molar-refractivity contribution is -0.117.